The van der Waals surface area contributed by atoms with Crippen molar-refractivity contribution in [3.63, 3.8) is 0 Å². The number of anilines is 2. The third-order valence-corrected chi connectivity index (χ3v) is 7.34. The zero-order valence-corrected chi connectivity index (χ0v) is 20.7. The molecule has 8 heteroatoms. The third-order valence-electron chi connectivity index (χ3n) is 6.34. The van der Waals surface area contributed by atoms with Crippen molar-refractivity contribution in [2.24, 2.45) is 0 Å². The fourth-order valence-corrected chi connectivity index (χ4v) is 5.34. The van der Waals surface area contributed by atoms with Crippen molar-refractivity contribution in [1.29, 1.82) is 0 Å². The molecule has 3 aromatic carbocycles. The minimum atomic E-state index is -0.127. The minimum absolute atomic E-state index is 0.0412. The van der Waals surface area contributed by atoms with Crippen LogP contribution in [0.2, 0.25) is 0 Å². The Bertz CT molecular complexity index is 1290. The molecule has 0 radical (unpaired) electrons. The van der Waals surface area contributed by atoms with E-state index in [2.05, 4.69) is 15.5 Å². The number of carbonyl (C=O) groups is 2. The first-order valence-electron chi connectivity index (χ1n) is 11.8. The predicted octanol–water partition coefficient (Wildman–Crippen LogP) is 5.23. The van der Waals surface area contributed by atoms with E-state index in [1.54, 1.807) is 12.0 Å². The second-order valence-corrected chi connectivity index (χ2v) is 9.68. The van der Waals surface area contributed by atoms with Crippen molar-refractivity contribution in [2.45, 2.75) is 24.7 Å². The monoisotopic (exact) mass is 498 g/mol. The molecule has 0 spiro atoms. The van der Waals surface area contributed by atoms with E-state index < -0.39 is 0 Å². The van der Waals surface area contributed by atoms with Gasteiger partial charge >= 0.3 is 0 Å². The molecule has 0 aliphatic carbocycles. The standard InChI is InChI=1S/C28H26N4O3S/c1-35-23-14-12-22(13-15-23)32-18-21(16-26(32)34)27-30-31-28(36-27)29-25(33)17-24(19-8-4-2-5-9-19)20-10-6-3-7-11-20/h2-15,21,24H,16-18H2,1H3,(H,29,31,33). The van der Waals surface area contributed by atoms with E-state index in [4.69, 9.17) is 4.74 Å². The molecule has 1 N–H and O–H groups in total. The molecule has 7 nitrogen and oxygen atoms in total. The first kappa shape index (κ1) is 23.7. The summed E-state index contributed by atoms with van der Waals surface area (Å²) in [6.45, 7) is 0.526. The molecule has 2 amide bonds. The number of nitrogens with one attached hydrogen (secondary N) is 1. The van der Waals surface area contributed by atoms with Gasteiger partial charge in [-0.3, -0.25) is 9.59 Å². The molecule has 1 atom stereocenters. The summed E-state index contributed by atoms with van der Waals surface area (Å²) in [4.78, 5) is 27.4. The SMILES string of the molecule is COc1ccc(N2CC(c3nnc(NC(=O)CC(c4ccccc4)c4ccccc4)s3)CC2=O)cc1. The highest BCUT2D eigenvalue weighted by atomic mass is 32.1. The number of hydrogen-bond donors (Lipinski definition) is 1. The predicted molar refractivity (Wildman–Crippen MR) is 141 cm³/mol. The summed E-state index contributed by atoms with van der Waals surface area (Å²) in [6, 6.07) is 27.5. The first-order chi connectivity index (χ1) is 17.6. The molecule has 1 fully saturated rings. The summed E-state index contributed by atoms with van der Waals surface area (Å²) in [7, 11) is 1.61. The molecular formula is C28H26N4O3S. The lowest BCUT2D eigenvalue weighted by Gasteiger charge is -2.17. The quantitative estimate of drug-likeness (QED) is 0.360. The molecule has 4 aromatic rings. The molecule has 5 rings (SSSR count). The molecule has 0 saturated carbocycles. The van der Waals surface area contributed by atoms with Gasteiger partial charge in [-0.05, 0) is 35.4 Å². The van der Waals surface area contributed by atoms with Gasteiger partial charge in [-0.25, -0.2) is 0 Å². The van der Waals surface area contributed by atoms with Gasteiger partial charge in [-0.1, -0.05) is 72.0 Å². The summed E-state index contributed by atoms with van der Waals surface area (Å²) in [5.41, 5.74) is 2.99. The topological polar surface area (TPSA) is 84.4 Å². The number of methoxy groups -OCH3 is 1. The van der Waals surface area contributed by atoms with E-state index in [0.29, 0.717) is 18.1 Å². The molecule has 2 heterocycles. The summed E-state index contributed by atoms with van der Waals surface area (Å²) in [5, 5.41) is 12.6. The molecule has 1 aliphatic rings. The maximum atomic E-state index is 13.0. The Morgan fingerprint density at radius 3 is 2.25 bits per heavy atom. The van der Waals surface area contributed by atoms with Crippen LogP contribution in [0.25, 0.3) is 0 Å². The van der Waals surface area contributed by atoms with Crippen LogP contribution in [0.1, 0.15) is 40.8 Å². The zero-order valence-electron chi connectivity index (χ0n) is 19.8. The average Bonchev–Trinajstić information content (AvgIpc) is 3.55. The summed E-state index contributed by atoms with van der Waals surface area (Å²) >= 11 is 1.33. The van der Waals surface area contributed by atoms with Crippen molar-refractivity contribution in [3.8, 4) is 5.75 Å². The fourth-order valence-electron chi connectivity index (χ4n) is 4.49. The molecule has 0 bridgehead atoms. The molecule has 1 aromatic heterocycles. The van der Waals surface area contributed by atoms with Crippen LogP contribution in [0, 0.1) is 0 Å². The number of ether oxygens (including phenoxy) is 1. The highest BCUT2D eigenvalue weighted by Crippen LogP contribution is 2.35. The number of carbonyl (C=O) groups excluding carboxylic acids is 2. The van der Waals surface area contributed by atoms with Gasteiger partial charge in [0.05, 0.1) is 7.11 Å². The lowest BCUT2D eigenvalue weighted by atomic mass is 9.88. The van der Waals surface area contributed by atoms with Gasteiger partial charge in [0, 0.05) is 36.9 Å². The zero-order chi connectivity index (χ0) is 24.9. The van der Waals surface area contributed by atoms with Crippen LogP contribution in [0.15, 0.2) is 84.9 Å². The number of benzene rings is 3. The summed E-state index contributed by atoms with van der Waals surface area (Å²) in [6.07, 6.45) is 0.648. The normalized spacial score (nSPS) is 15.3. The van der Waals surface area contributed by atoms with E-state index in [1.807, 2.05) is 84.9 Å². The van der Waals surface area contributed by atoms with Crippen LogP contribution < -0.4 is 15.0 Å². The van der Waals surface area contributed by atoms with E-state index in [-0.39, 0.29) is 30.1 Å². The third kappa shape index (κ3) is 5.28. The summed E-state index contributed by atoms with van der Waals surface area (Å²) in [5.74, 6) is 0.528. The van der Waals surface area contributed by atoms with Crippen molar-refractivity contribution in [2.75, 3.05) is 23.9 Å². The molecule has 1 aliphatic heterocycles. The highest BCUT2D eigenvalue weighted by molar-refractivity contribution is 7.15. The Balaban J connectivity index is 1.25. The Hall–Kier alpha value is -4.04. The van der Waals surface area contributed by atoms with Gasteiger partial charge in [0.15, 0.2) is 0 Å². The molecule has 1 unspecified atom stereocenters. The Kier molecular flexibility index (Phi) is 7.04. The van der Waals surface area contributed by atoms with Crippen molar-refractivity contribution in [1.82, 2.24) is 10.2 Å². The Morgan fingerprint density at radius 2 is 1.64 bits per heavy atom. The Morgan fingerprint density at radius 1 is 1.00 bits per heavy atom. The van der Waals surface area contributed by atoms with Crippen LogP contribution in [0.5, 0.6) is 5.75 Å². The van der Waals surface area contributed by atoms with Crippen molar-refractivity contribution < 1.29 is 14.3 Å². The van der Waals surface area contributed by atoms with Crippen molar-refractivity contribution >= 4 is 34.0 Å². The highest BCUT2D eigenvalue weighted by Gasteiger charge is 2.34. The Labute approximate surface area is 213 Å². The molecule has 1 saturated heterocycles. The smallest absolute Gasteiger partial charge is 0.227 e. The van der Waals surface area contributed by atoms with Gasteiger partial charge in [0.1, 0.15) is 10.8 Å². The maximum absolute atomic E-state index is 13.0. The molecular weight excluding hydrogens is 472 g/mol. The van der Waals surface area contributed by atoms with Gasteiger partial charge in [0.25, 0.3) is 0 Å². The van der Waals surface area contributed by atoms with Gasteiger partial charge < -0.3 is 15.0 Å². The number of nitrogens with zero attached hydrogens (tertiary/aromatic N) is 3. The number of hydrogen-bond acceptors (Lipinski definition) is 6. The second kappa shape index (κ2) is 10.7. The van der Waals surface area contributed by atoms with E-state index in [1.165, 1.54) is 11.3 Å². The van der Waals surface area contributed by atoms with E-state index in [0.717, 1.165) is 27.6 Å². The summed E-state index contributed by atoms with van der Waals surface area (Å²) < 4.78 is 5.20. The first-order valence-corrected chi connectivity index (χ1v) is 12.6. The van der Waals surface area contributed by atoms with Crippen LogP contribution in [0.4, 0.5) is 10.8 Å². The number of amides is 2. The van der Waals surface area contributed by atoms with Crippen molar-refractivity contribution in [3.05, 3.63) is 101 Å². The van der Waals surface area contributed by atoms with Crippen LogP contribution >= 0.6 is 11.3 Å². The maximum Gasteiger partial charge on any atom is 0.227 e. The minimum Gasteiger partial charge on any atom is -0.497 e. The number of aromatic nitrogens is 2. The lowest BCUT2D eigenvalue weighted by molar-refractivity contribution is -0.117. The average molecular weight is 499 g/mol. The van der Waals surface area contributed by atoms with Gasteiger partial charge in [-0.2, -0.15) is 0 Å². The molecule has 182 valence electrons. The van der Waals surface area contributed by atoms with Crippen LogP contribution in [-0.2, 0) is 9.59 Å². The van der Waals surface area contributed by atoms with Crippen LogP contribution in [-0.4, -0.2) is 35.7 Å². The van der Waals surface area contributed by atoms with Gasteiger partial charge in [0.2, 0.25) is 16.9 Å². The fraction of sp³-hybridized carbons (Fsp3) is 0.214. The second-order valence-electron chi connectivity index (χ2n) is 8.68. The van der Waals surface area contributed by atoms with Crippen LogP contribution in [0.3, 0.4) is 0 Å². The van der Waals surface area contributed by atoms with Gasteiger partial charge in [-0.15, -0.1) is 10.2 Å². The van der Waals surface area contributed by atoms with E-state index in [9.17, 15) is 9.59 Å². The lowest BCUT2D eigenvalue weighted by Crippen LogP contribution is -2.24. The van der Waals surface area contributed by atoms with E-state index >= 15 is 0 Å². The largest absolute Gasteiger partial charge is 0.497 e. The molecule has 36 heavy (non-hydrogen) atoms. The number of rotatable bonds is 8.